The first kappa shape index (κ1) is 25.6. The number of carbonyl (C=O) groups excluding carboxylic acids is 2. The number of Topliss-reactive ketones (excluding diaryl/α,β-unsaturated/α-hetero) is 1. The largest absolute Gasteiger partial charge is 0.462 e. The molecule has 0 unspecified atom stereocenters. The highest BCUT2D eigenvalue weighted by Crippen LogP contribution is 2.40. The molecule has 7 nitrogen and oxygen atoms in total. The number of benzene rings is 1. The first-order valence-corrected chi connectivity index (χ1v) is 13.9. The Morgan fingerprint density at radius 3 is 2.43 bits per heavy atom. The lowest BCUT2D eigenvalue weighted by molar-refractivity contribution is -0.148. The molecule has 1 saturated heterocycles. The molecule has 190 valence electrons. The second-order valence-electron chi connectivity index (χ2n) is 10.8. The standard InChI is InChI=1S/C27H36N2O5S/c1-18(2)34-25(31)17-29-19(3)21(26-22(29)15-27(4,5)16-23(26)30)14-20-10-6-7-11-24(20)35(32,33)28-12-8-9-13-28/h6-7,10-11,18H,8-9,12-17H2,1-5H3. The van der Waals surface area contributed by atoms with Crippen molar-refractivity contribution in [2.24, 2.45) is 5.41 Å². The summed E-state index contributed by atoms with van der Waals surface area (Å²) in [5.41, 5.74) is 3.57. The predicted molar refractivity (Wildman–Crippen MR) is 134 cm³/mol. The van der Waals surface area contributed by atoms with Crippen LogP contribution < -0.4 is 0 Å². The van der Waals surface area contributed by atoms with Crippen LogP contribution in [0.2, 0.25) is 0 Å². The number of sulfonamides is 1. The lowest BCUT2D eigenvalue weighted by Crippen LogP contribution is -2.30. The predicted octanol–water partition coefficient (Wildman–Crippen LogP) is 4.28. The second-order valence-corrected chi connectivity index (χ2v) is 12.8. The van der Waals surface area contributed by atoms with Gasteiger partial charge in [-0.25, -0.2) is 8.42 Å². The molecule has 0 amide bonds. The quantitative estimate of drug-likeness (QED) is 0.530. The molecule has 1 fully saturated rings. The number of nitrogens with zero attached hydrogens (tertiary/aromatic N) is 2. The van der Waals surface area contributed by atoms with E-state index < -0.39 is 10.0 Å². The maximum absolute atomic E-state index is 13.4. The van der Waals surface area contributed by atoms with Crippen molar-refractivity contribution in [3.05, 3.63) is 52.3 Å². The minimum Gasteiger partial charge on any atom is -0.462 e. The molecular weight excluding hydrogens is 464 g/mol. The fourth-order valence-corrected chi connectivity index (χ4v) is 7.17. The van der Waals surface area contributed by atoms with Crippen molar-refractivity contribution in [1.82, 2.24) is 8.87 Å². The van der Waals surface area contributed by atoms with Crippen LogP contribution in [0.25, 0.3) is 0 Å². The van der Waals surface area contributed by atoms with E-state index in [-0.39, 0.29) is 29.8 Å². The van der Waals surface area contributed by atoms with Crippen molar-refractivity contribution in [2.75, 3.05) is 13.1 Å². The van der Waals surface area contributed by atoms with E-state index in [0.717, 1.165) is 29.8 Å². The third-order valence-corrected chi connectivity index (χ3v) is 9.00. The second kappa shape index (κ2) is 9.54. The highest BCUT2D eigenvalue weighted by Gasteiger charge is 2.38. The molecule has 0 bridgehead atoms. The molecule has 0 N–H and O–H groups in total. The molecule has 1 aromatic heterocycles. The number of carbonyl (C=O) groups is 2. The first-order chi connectivity index (χ1) is 16.4. The van der Waals surface area contributed by atoms with Crippen molar-refractivity contribution in [3.8, 4) is 0 Å². The Morgan fingerprint density at radius 2 is 1.77 bits per heavy atom. The Kier molecular flexibility index (Phi) is 6.99. The molecule has 0 radical (unpaired) electrons. The number of ether oxygens (including phenoxy) is 1. The van der Waals surface area contributed by atoms with Gasteiger partial charge in [0.2, 0.25) is 10.0 Å². The van der Waals surface area contributed by atoms with Gasteiger partial charge in [0, 0.05) is 42.9 Å². The van der Waals surface area contributed by atoms with Crippen LogP contribution in [0.15, 0.2) is 29.2 Å². The molecule has 8 heteroatoms. The average molecular weight is 501 g/mol. The van der Waals surface area contributed by atoms with Crippen molar-refractivity contribution < 1.29 is 22.7 Å². The fraction of sp³-hybridized carbons (Fsp3) is 0.556. The fourth-order valence-electron chi connectivity index (χ4n) is 5.43. The molecular formula is C27H36N2O5S. The third kappa shape index (κ3) is 5.09. The van der Waals surface area contributed by atoms with Gasteiger partial charge < -0.3 is 9.30 Å². The van der Waals surface area contributed by atoms with E-state index >= 15 is 0 Å². The van der Waals surface area contributed by atoms with Crippen LogP contribution in [0.3, 0.4) is 0 Å². The van der Waals surface area contributed by atoms with Crippen molar-refractivity contribution in [2.45, 2.75) is 84.3 Å². The van der Waals surface area contributed by atoms with Gasteiger partial charge in [0.25, 0.3) is 0 Å². The summed E-state index contributed by atoms with van der Waals surface area (Å²) in [5, 5.41) is 0. The maximum Gasteiger partial charge on any atom is 0.326 e. The van der Waals surface area contributed by atoms with Crippen LogP contribution in [0.1, 0.15) is 79.8 Å². The Morgan fingerprint density at radius 1 is 1.11 bits per heavy atom. The number of rotatable bonds is 7. The minimum absolute atomic E-state index is 0.0312. The molecule has 0 saturated carbocycles. The smallest absolute Gasteiger partial charge is 0.326 e. The molecule has 1 aliphatic heterocycles. The Balaban J connectivity index is 1.80. The van der Waals surface area contributed by atoms with Gasteiger partial charge in [-0.15, -0.1) is 0 Å². The summed E-state index contributed by atoms with van der Waals surface area (Å²) in [6, 6.07) is 7.07. The molecule has 2 aliphatic rings. The molecule has 1 aliphatic carbocycles. The molecule has 0 spiro atoms. The van der Waals surface area contributed by atoms with Crippen LogP contribution in [0.5, 0.6) is 0 Å². The van der Waals surface area contributed by atoms with Gasteiger partial charge in [0.1, 0.15) is 6.54 Å². The summed E-state index contributed by atoms with van der Waals surface area (Å²) in [5.74, 6) is -0.300. The lowest BCUT2D eigenvalue weighted by Gasteiger charge is -2.30. The zero-order valence-electron chi connectivity index (χ0n) is 21.4. The maximum atomic E-state index is 13.4. The van der Waals surface area contributed by atoms with E-state index in [1.807, 2.05) is 37.5 Å². The van der Waals surface area contributed by atoms with Crippen LogP contribution in [-0.4, -0.2) is 48.2 Å². The Hall–Kier alpha value is -2.45. The van der Waals surface area contributed by atoms with Gasteiger partial charge in [-0.1, -0.05) is 32.0 Å². The summed E-state index contributed by atoms with van der Waals surface area (Å²) in [7, 11) is -3.61. The van der Waals surface area contributed by atoms with E-state index in [1.54, 1.807) is 16.4 Å². The Labute approximate surface area is 208 Å². The van der Waals surface area contributed by atoms with Crippen molar-refractivity contribution >= 4 is 21.8 Å². The molecule has 2 heterocycles. The van der Waals surface area contributed by atoms with E-state index in [9.17, 15) is 18.0 Å². The van der Waals surface area contributed by atoms with E-state index in [0.29, 0.717) is 48.4 Å². The topological polar surface area (TPSA) is 85.7 Å². The highest BCUT2D eigenvalue weighted by atomic mass is 32.2. The summed E-state index contributed by atoms with van der Waals surface area (Å²) >= 11 is 0. The average Bonchev–Trinajstić information content (AvgIpc) is 3.37. The van der Waals surface area contributed by atoms with Gasteiger partial charge in [-0.05, 0) is 62.6 Å². The SMILES string of the molecule is Cc1c(Cc2ccccc2S(=O)(=O)N2CCCC2)c2c(n1CC(=O)OC(C)C)CC(C)(C)CC2=O. The molecule has 1 aromatic carbocycles. The van der Waals surface area contributed by atoms with Gasteiger partial charge in [0.05, 0.1) is 11.0 Å². The van der Waals surface area contributed by atoms with Gasteiger partial charge in [-0.2, -0.15) is 4.31 Å². The van der Waals surface area contributed by atoms with Gasteiger partial charge in [0.15, 0.2) is 5.78 Å². The number of hydrogen-bond acceptors (Lipinski definition) is 5. The number of fused-ring (bicyclic) bond motifs is 1. The van der Waals surface area contributed by atoms with Gasteiger partial charge >= 0.3 is 5.97 Å². The number of hydrogen-bond donors (Lipinski definition) is 0. The van der Waals surface area contributed by atoms with Crippen LogP contribution in [0.4, 0.5) is 0 Å². The lowest BCUT2D eigenvalue weighted by atomic mass is 9.75. The van der Waals surface area contributed by atoms with Crippen LogP contribution >= 0.6 is 0 Å². The summed E-state index contributed by atoms with van der Waals surface area (Å²) in [6.07, 6.45) is 2.91. The van der Waals surface area contributed by atoms with E-state index in [2.05, 4.69) is 13.8 Å². The van der Waals surface area contributed by atoms with Gasteiger partial charge in [-0.3, -0.25) is 9.59 Å². The van der Waals surface area contributed by atoms with E-state index in [4.69, 9.17) is 4.74 Å². The summed E-state index contributed by atoms with van der Waals surface area (Å²) in [6.45, 7) is 10.8. The first-order valence-electron chi connectivity index (χ1n) is 12.4. The van der Waals surface area contributed by atoms with Crippen molar-refractivity contribution in [1.29, 1.82) is 0 Å². The molecule has 4 rings (SSSR count). The zero-order chi connectivity index (χ0) is 25.5. The van der Waals surface area contributed by atoms with Crippen molar-refractivity contribution in [3.63, 3.8) is 0 Å². The Bertz CT molecular complexity index is 1250. The highest BCUT2D eigenvalue weighted by molar-refractivity contribution is 7.89. The minimum atomic E-state index is -3.61. The van der Waals surface area contributed by atoms with Crippen LogP contribution in [-0.2, 0) is 38.9 Å². The number of aromatic nitrogens is 1. The monoisotopic (exact) mass is 500 g/mol. The van der Waals surface area contributed by atoms with E-state index in [1.165, 1.54) is 0 Å². The molecule has 2 aromatic rings. The number of ketones is 1. The summed E-state index contributed by atoms with van der Waals surface area (Å²) in [4.78, 5) is 26.3. The molecule has 35 heavy (non-hydrogen) atoms. The molecule has 0 atom stereocenters. The normalized spacial score (nSPS) is 18.2. The van der Waals surface area contributed by atoms with Crippen LogP contribution in [0, 0.1) is 12.3 Å². The zero-order valence-corrected chi connectivity index (χ0v) is 22.2. The summed E-state index contributed by atoms with van der Waals surface area (Å²) < 4.78 is 35.7. The third-order valence-electron chi connectivity index (χ3n) is 7.00. The number of esters is 1.